The molecule has 0 radical (unpaired) electrons. The summed E-state index contributed by atoms with van der Waals surface area (Å²) < 4.78 is 7.34. The van der Waals surface area contributed by atoms with E-state index in [2.05, 4.69) is 39.0 Å². The summed E-state index contributed by atoms with van der Waals surface area (Å²) in [5.41, 5.74) is 8.62. The van der Waals surface area contributed by atoms with Crippen LogP contribution >= 0.6 is 0 Å². The van der Waals surface area contributed by atoms with Gasteiger partial charge < -0.3 is 15.0 Å². The molecule has 1 aromatic heterocycles. The minimum absolute atomic E-state index is 0.319. The zero-order valence-electron chi connectivity index (χ0n) is 12.5. The van der Waals surface area contributed by atoms with Crippen LogP contribution in [0.5, 0.6) is 0 Å². The Balaban J connectivity index is 1.99. The molecule has 21 heavy (non-hydrogen) atoms. The van der Waals surface area contributed by atoms with Crippen LogP contribution in [0.15, 0.2) is 24.3 Å². The minimum Gasteiger partial charge on any atom is -0.383 e. The van der Waals surface area contributed by atoms with Gasteiger partial charge in [-0.2, -0.15) is 0 Å². The first-order valence-corrected chi connectivity index (χ1v) is 7.54. The van der Waals surface area contributed by atoms with Gasteiger partial charge in [-0.1, -0.05) is 24.3 Å². The number of fused-ring (bicyclic) bond motifs is 1. The number of aryl methyl sites for hydroxylation is 1. The number of benzene rings is 1. The summed E-state index contributed by atoms with van der Waals surface area (Å²) >= 11 is 0. The first-order valence-electron chi connectivity index (χ1n) is 7.54. The second-order valence-corrected chi connectivity index (χ2v) is 5.47. The predicted molar refractivity (Wildman–Crippen MR) is 81.0 cm³/mol. The average Bonchev–Trinajstić information content (AvgIpc) is 2.95. The highest BCUT2D eigenvalue weighted by atomic mass is 16.5. The molecule has 2 N–H and O–H groups in total. The van der Waals surface area contributed by atoms with E-state index in [9.17, 15) is 0 Å². The van der Waals surface area contributed by atoms with Crippen LogP contribution in [-0.2, 0) is 24.2 Å². The molecular weight excluding hydrogens is 264 g/mol. The molecule has 2 aromatic rings. The van der Waals surface area contributed by atoms with Gasteiger partial charge in [-0.3, -0.25) is 0 Å². The lowest BCUT2D eigenvalue weighted by atomic mass is 9.82. The van der Waals surface area contributed by atoms with Crippen molar-refractivity contribution in [1.29, 1.82) is 0 Å². The molecule has 0 saturated carbocycles. The molecule has 0 bridgehead atoms. The summed E-state index contributed by atoms with van der Waals surface area (Å²) in [6.45, 7) is 1.81. The highest BCUT2D eigenvalue weighted by Gasteiger charge is 2.26. The number of ether oxygens (including phenoxy) is 1. The van der Waals surface area contributed by atoms with Crippen LogP contribution in [0.25, 0.3) is 0 Å². The third-order valence-electron chi connectivity index (χ3n) is 4.24. The minimum atomic E-state index is 0.319. The van der Waals surface area contributed by atoms with Gasteiger partial charge >= 0.3 is 0 Å². The number of methoxy groups -OCH3 is 1. The number of hydrogen-bond acceptors (Lipinski definition) is 4. The fourth-order valence-corrected chi connectivity index (χ4v) is 3.21. The largest absolute Gasteiger partial charge is 0.383 e. The first kappa shape index (κ1) is 14.2. The molecule has 5 heteroatoms. The molecule has 1 atom stereocenters. The van der Waals surface area contributed by atoms with Gasteiger partial charge in [0.25, 0.3) is 0 Å². The van der Waals surface area contributed by atoms with Crippen molar-refractivity contribution in [2.24, 2.45) is 5.73 Å². The van der Waals surface area contributed by atoms with Gasteiger partial charge in [0.15, 0.2) is 0 Å². The number of nitrogens with two attached hydrogens (primary N) is 1. The van der Waals surface area contributed by atoms with Gasteiger partial charge in [0, 0.05) is 19.6 Å². The van der Waals surface area contributed by atoms with Gasteiger partial charge in [-0.25, -0.2) is 0 Å². The van der Waals surface area contributed by atoms with Crippen molar-refractivity contribution in [2.75, 3.05) is 13.7 Å². The summed E-state index contributed by atoms with van der Waals surface area (Å²) in [7, 11) is 1.71. The summed E-state index contributed by atoms with van der Waals surface area (Å²) in [5.74, 6) is 2.18. The summed E-state index contributed by atoms with van der Waals surface area (Å²) in [6, 6.07) is 8.66. The molecule has 1 heterocycles. The molecule has 0 saturated heterocycles. The maximum atomic E-state index is 5.80. The van der Waals surface area contributed by atoms with Crippen LogP contribution in [0.3, 0.4) is 0 Å². The summed E-state index contributed by atoms with van der Waals surface area (Å²) in [4.78, 5) is 0. The smallest absolute Gasteiger partial charge is 0.146 e. The van der Waals surface area contributed by atoms with Crippen LogP contribution < -0.4 is 5.73 Å². The van der Waals surface area contributed by atoms with Crippen LogP contribution in [0.2, 0.25) is 0 Å². The van der Waals surface area contributed by atoms with Crippen molar-refractivity contribution < 1.29 is 4.74 Å². The Morgan fingerprint density at radius 2 is 2.19 bits per heavy atom. The molecule has 3 rings (SSSR count). The van der Waals surface area contributed by atoms with E-state index in [0.717, 1.165) is 31.0 Å². The van der Waals surface area contributed by atoms with E-state index in [1.54, 1.807) is 7.11 Å². The zero-order chi connectivity index (χ0) is 14.7. The highest BCUT2D eigenvalue weighted by molar-refractivity contribution is 5.36. The maximum Gasteiger partial charge on any atom is 0.146 e. The second-order valence-electron chi connectivity index (χ2n) is 5.47. The summed E-state index contributed by atoms with van der Waals surface area (Å²) in [6.07, 6.45) is 3.46. The fraction of sp³-hybridized carbons (Fsp3) is 0.500. The van der Waals surface area contributed by atoms with E-state index in [1.807, 2.05) is 0 Å². The molecule has 0 aliphatic heterocycles. The molecule has 5 nitrogen and oxygen atoms in total. The van der Waals surface area contributed by atoms with Crippen molar-refractivity contribution in [1.82, 2.24) is 14.8 Å². The number of aromatic nitrogens is 3. The van der Waals surface area contributed by atoms with Crippen molar-refractivity contribution in [3.8, 4) is 0 Å². The Bertz CT molecular complexity index is 608. The molecule has 0 fully saturated rings. The monoisotopic (exact) mass is 286 g/mol. The average molecular weight is 286 g/mol. The number of rotatable bonds is 5. The Morgan fingerprint density at radius 3 is 3.00 bits per heavy atom. The van der Waals surface area contributed by atoms with Gasteiger partial charge in [-0.15, -0.1) is 10.2 Å². The standard InChI is InChI=1S/C16H22N4O/c1-21-10-9-20-15(11-17)18-19-16(20)14-8-4-6-12-5-2-3-7-13(12)14/h2-3,5,7,14H,4,6,8-11,17H2,1H3. The Hall–Kier alpha value is -1.72. The van der Waals surface area contributed by atoms with Crippen molar-refractivity contribution in [3.05, 3.63) is 47.0 Å². The van der Waals surface area contributed by atoms with Gasteiger partial charge in [0.1, 0.15) is 11.6 Å². The van der Waals surface area contributed by atoms with Crippen LogP contribution in [-0.4, -0.2) is 28.5 Å². The third-order valence-corrected chi connectivity index (χ3v) is 4.24. The Morgan fingerprint density at radius 1 is 1.33 bits per heavy atom. The van der Waals surface area contributed by atoms with E-state index in [-0.39, 0.29) is 0 Å². The molecule has 112 valence electrons. The first-order chi connectivity index (χ1) is 10.3. The molecule has 0 spiro atoms. The second kappa shape index (κ2) is 6.37. The van der Waals surface area contributed by atoms with Gasteiger partial charge in [0.2, 0.25) is 0 Å². The van der Waals surface area contributed by atoms with Crippen LogP contribution in [0.4, 0.5) is 0 Å². The normalized spacial score (nSPS) is 17.7. The van der Waals surface area contributed by atoms with Crippen molar-refractivity contribution in [3.63, 3.8) is 0 Å². The third kappa shape index (κ3) is 2.71. The number of nitrogens with zero attached hydrogens (tertiary/aromatic N) is 3. The van der Waals surface area contributed by atoms with E-state index < -0.39 is 0 Å². The highest BCUT2D eigenvalue weighted by Crippen LogP contribution is 2.35. The maximum absolute atomic E-state index is 5.80. The van der Waals surface area contributed by atoms with Crippen LogP contribution in [0, 0.1) is 0 Å². The van der Waals surface area contributed by atoms with E-state index in [0.29, 0.717) is 19.1 Å². The summed E-state index contributed by atoms with van der Waals surface area (Å²) in [5, 5.41) is 8.71. The number of hydrogen-bond donors (Lipinski definition) is 1. The molecular formula is C16H22N4O. The lowest BCUT2D eigenvalue weighted by molar-refractivity contribution is 0.185. The van der Waals surface area contributed by atoms with Gasteiger partial charge in [-0.05, 0) is 30.4 Å². The Labute approximate surface area is 125 Å². The van der Waals surface area contributed by atoms with E-state index in [1.165, 1.54) is 17.5 Å². The molecule has 1 aromatic carbocycles. The van der Waals surface area contributed by atoms with E-state index in [4.69, 9.17) is 10.5 Å². The molecule has 0 amide bonds. The molecule has 1 aliphatic carbocycles. The lowest BCUT2D eigenvalue weighted by Gasteiger charge is -2.25. The lowest BCUT2D eigenvalue weighted by Crippen LogP contribution is -2.19. The fourth-order valence-electron chi connectivity index (χ4n) is 3.21. The van der Waals surface area contributed by atoms with Crippen molar-refractivity contribution in [2.45, 2.75) is 38.3 Å². The molecule has 1 aliphatic rings. The van der Waals surface area contributed by atoms with Crippen LogP contribution in [0.1, 0.15) is 41.5 Å². The van der Waals surface area contributed by atoms with Crippen molar-refractivity contribution >= 4 is 0 Å². The van der Waals surface area contributed by atoms with E-state index >= 15 is 0 Å². The molecule has 1 unspecified atom stereocenters. The quantitative estimate of drug-likeness (QED) is 0.911. The Kier molecular flexibility index (Phi) is 4.31. The van der Waals surface area contributed by atoms with Gasteiger partial charge in [0.05, 0.1) is 13.2 Å². The zero-order valence-corrected chi connectivity index (χ0v) is 12.5. The topological polar surface area (TPSA) is 66.0 Å². The SMILES string of the molecule is COCCn1c(CN)nnc1C1CCCc2ccccc21. The predicted octanol–water partition coefficient (Wildman–Crippen LogP) is 1.85.